The zero-order chi connectivity index (χ0) is 11.3. The van der Waals surface area contributed by atoms with Crippen LogP contribution in [0, 0.1) is 5.92 Å². The van der Waals surface area contributed by atoms with Crippen LogP contribution in [0.4, 0.5) is 0 Å². The quantitative estimate of drug-likeness (QED) is 0.726. The Hall–Kier alpha value is -0.570. The Morgan fingerprint density at radius 1 is 1.47 bits per heavy atom. The van der Waals surface area contributed by atoms with Crippen molar-refractivity contribution in [3.63, 3.8) is 0 Å². The van der Waals surface area contributed by atoms with Crippen LogP contribution in [-0.2, 0) is 4.79 Å². The predicted octanol–water partition coefficient (Wildman–Crippen LogP) is 1.63. The molecule has 1 aliphatic heterocycles. The molecule has 1 heterocycles. The highest BCUT2D eigenvalue weighted by atomic mass is 16.2. The van der Waals surface area contributed by atoms with Crippen LogP contribution < -0.4 is 5.32 Å². The van der Waals surface area contributed by atoms with Crippen LogP contribution in [0.2, 0.25) is 0 Å². The molecule has 0 radical (unpaired) electrons. The van der Waals surface area contributed by atoms with Gasteiger partial charge in [0.15, 0.2) is 0 Å². The van der Waals surface area contributed by atoms with Crippen molar-refractivity contribution in [3.05, 3.63) is 0 Å². The topological polar surface area (TPSA) is 32.3 Å². The lowest BCUT2D eigenvalue weighted by atomic mass is 10.0. The van der Waals surface area contributed by atoms with Crippen LogP contribution >= 0.6 is 0 Å². The minimum absolute atomic E-state index is 0.332. The van der Waals surface area contributed by atoms with Gasteiger partial charge >= 0.3 is 0 Å². The molecule has 0 aromatic rings. The largest absolute Gasteiger partial charge is 0.341 e. The zero-order valence-electron chi connectivity index (χ0n) is 10.3. The van der Waals surface area contributed by atoms with Crippen molar-refractivity contribution in [2.45, 2.75) is 46.1 Å². The minimum atomic E-state index is 0.332. The first-order valence-electron chi connectivity index (χ1n) is 6.16. The second-order valence-corrected chi connectivity index (χ2v) is 4.75. The summed E-state index contributed by atoms with van der Waals surface area (Å²) in [5, 5.41) is 3.52. The molecule has 15 heavy (non-hydrogen) atoms. The van der Waals surface area contributed by atoms with Crippen molar-refractivity contribution in [1.82, 2.24) is 10.2 Å². The first-order chi connectivity index (χ1) is 7.15. The van der Waals surface area contributed by atoms with Crippen molar-refractivity contribution < 1.29 is 4.79 Å². The van der Waals surface area contributed by atoms with Gasteiger partial charge in [-0.15, -0.1) is 0 Å². The number of rotatable bonds is 6. The number of amides is 1. The van der Waals surface area contributed by atoms with E-state index >= 15 is 0 Å². The SMILES string of the molecule is CCCNC(CN1CCCC1=O)C(C)C. The zero-order valence-corrected chi connectivity index (χ0v) is 10.3. The smallest absolute Gasteiger partial charge is 0.222 e. The molecule has 3 heteroatoms. The maximum atomic E-state index is 11.5. The van der Waals surface area contributed by atoms with Gasteiger partial charge in [0.05, 0.1) is 0 Å². The van der Waals surface area contributed by atoms with E-state index in [1.54, 1.807) is 0 Å². The molecular weight excluding hydrogens is 188 g/mol. The molecule has 0 bridgehead atoms. The van der Waals surface area contributed by atoms with Gasteiger partial charge in [0, 0.05) is 25.6 Å². The summed E-state index contributed by atoms with van der Waals surface area (Å²) in [5.74, 6) is 0.920. The molecule has 1 unspecified atom stereocenters. The van der Waals surface area contributed by atoms with E-state index in [0.29, 0.717) is 17.9 Å². The van der Waals surface area contributed by atoms with Gasteiger partial charge in [0.25, 0.3) is 0 Å². The van der Waals surface area contributed by atoms with Gasteiger partial charge in [-0.25, -0.2) is 0 Å². The van der Waals surface area contributed by atoms with E-state index in [1.165, 1.54) is 0 Å². The fourth-order valence-electron chi connectivity index (χ4n) is 1.98. The van der Waals surface area contributed by atoms with Gasteiger partial charge in [-0.05, 0) is 25.3 Å². The van der Waals surface area contributed by atoms with E-state index in [-0.39, 0.29) is 0 Å². The summed E-state index contributed by atoms with van der Waals surface area (Å²) in [4.78, 5) is 13.5. The first kappa shape index (κ1) is 12.5. The molecule has 1 amide bonds. The van der Waals surface area contributed by atoms with Crippen LogP contribution in [0.25, 0.3) is 0 Å². The molecule has 0 aromatic carbocycles. The maximum Gasteiger partial charge on any atom is 0.222 e. The van der Waals surface area contributed by atoms with Crippen LogP contribution in [-0.4, -0.2) is 36.5 Å². The fourth-order valence-corrected chi connectivity index (χ4v) is 1.98. The number of carbonyl (C=O) groups excluding carboxylic acids is 1. The number of nitrogens with zero attached hydrogens (tertiary/aromatic N) is 1. The van der Waals surface area contributed by atoms with E-state index in [2.05, 4.69) is 26.1 Å². The highest BCUT2D eigenvalue weighted by Gasteiger charge is 2.24. The highest BCUT2D eigenvalue weighted by molar-refractivity contribution is 5.78. The Balaban J connectivity index is 2.39. The molecule has 3 nitrogen and oxygen atoms in total. The summed E-state index contributed by atoms with van der Waals surface area (Å²) in [7, 11) is 0. The summed E-state index contributed by atoms with van der Waals surface area (Å²) in [6, 6.07) is 0.451. The van der Waals surface area contributed by atoms with E-state index in [1.807, 2.05) is 4.90 Å². The Morgan fingerprint density at radius 3 is 2.67 bits per heavy atom. The molecule has 1 rings (SSSR count). The molecule has 1 fully saturated rings. The number of carbonyl (C=O) groups is 1. The number of likely N-dealkylation sites (tertiary alicyclic amines) is 1. The standard InChI is InChI=1S/C12H24N2O/c1-4-7-13-11(10(2)3)9-14-8-5-6-12(14)15/h10-11,13H,4-9H2,1-3H3. The van der Waals surface area contributed by atoms with E-state index in [0.717, 1.165) is 38.9 Å². The van der Waals surface area contributed by atoms with Crippen molar-refractivity contribution >= 4 is 5.91 Å². The molecule has 1 saturated heterocycles. The van der Waals surface area contributed by atoms with Gasteiger partial charge in [0.2, 0.25) is 5.91 Å². The third-order valence-electron chi connectivity index (χ3n) is 3.05. The number of nitrogens with one attached hydrogen (secondary N) is 1. The van der Waals surface area contributed by atoms with E-state index < -0.39 is 0 Å². The lowest BCUT2D eigenvalue weighted by Gasteiger charge is -2.27. The molecule has 1 aliphatic rings. The Morgan fingerprint density at radius 2 is 2.20 bits per heavy atom. The van der Waals surface area contributed by atoms with E-state index in [9.17, 15) is 4.79 Å². The van der Waals surface area contributed by atoms with Gasteiger partial charge in [-0.1, -0.05) is 20.8 Å². The second kappa shape index (κ2) is 6.11. The minimum Gasteiger partial charge on any atom is -0.341 e. The fraction of sp³-hybridized carbons (Fsp3) is 0.917. The average Bonchev–Trinajstić information content (AvgIpc) is 2.58. The Labute approximate surface area is 93.2 Å². The van der Waals surface area contributed by atoms with Crippen molar-refractivity contribution in [3.8, 4) is 0 Å². The monoisotopic (exact) mass is 212 g/mol. The van der Waals surface area contributed by atoms with Crippen molar-refractivity contribution in [2.75, 3.05) is 19.6 Å². The van der Waals surface area contributed by atoms with Gasteiger partial charge in [0.1, 0.15) is 0 Å². The first-order valence-corrected chi connectivity index (χ1v) is 6.16. The summed E-state index contributed by atoms with van der Waals surface area (Å²) in [6.07, 6.45) is 2.94. The van der Waals surface area contributed by atoms with Crippen LogP contribution in [0.1, 0.15) is 40.0 Å². The molecule has 0 aliphatic carbocycles. The molecule has 0 saturated carbocycles. The lowest BCUT2D eigenvalue weighted by molar-refractivity contribution is -0.128. The number of hydrogen-bond acceptors (Lipinski definition) is 2. The molecular formula is C12H24N2O. The van der Waals surface area contributed by atoms with Crippen molar-refractivity contribution in [1.29, 1.82) is 0 Å². The summed E-state index contributed by atoms with van der Waals surface area (Å²) in [6.45, 7) is 9.49. The lowest BCUT2D eigenvalue weighted by Crippen LogP contribution is -2.44. The van der Waals surface area contributed by atoms with E-state index in [4.69, 9.17) is 0 Å². The summed E-state index contributed by atoms with van der Waals surface area (Å²) < 4.78 is 0. The maximum absolute atomic E-state index is 11.5. The van der Waals surface area contributed by atoms with Crippen molar-refractivity contribution in [2.24, 2.45) is 5.92 Å². The third-order valence-corrected chi connectivity index (χ3v) is 3.05. The molecule has 0 aromatic heterocycles. The Bertz CT molecular complexity index is 204. The van der Waals surface area contributed by atoms with Gasteiger partial charge in [-0.2, -0.15) is 0 Å². The predicted molar refractivity (Wildman–Crippen MR) is 62.7 cm³/mol. The average molecular weight is 212 g/mol. The summed E-state index contributed by atoms with van der Waals surface area (Å²) >= 11 is 0. The van der Waals surface area contributed by atoms with Gasteiger partial charge < -0.3 is 10.2 Å². The summed E-state index contributed by atoms with van der Waals surface area (Å²) in [5.41, 5.74) is 0. The third kappa shape index (κ3) is 3.82. The number of hydrogen-bond donors (Lipinski definition) is 1. The van der Waals surface area contributed by atoms with Crippen LogP contribution in [0.5, 0.6) is 0 Å². The highest BCUT2D eigenvalue weighted by Crippen LogP contribution is 2.12. The Kier molecular flexibility index (Phi) is 5.09. The normalized spacial score (nSPS) is 18.9. The van der Waals surface area contributed by atoms with Crippen LogP contribution in [0.3, 0.4) is 0 Å². The molecule has 0 spiro atoms. The van der Waals surface area contributed by atoms with Crippen LogP contribution in [0.15, 0.2) is 0 Å². The molecule has 1 N–H and O–H groups in total. The second-order valence-electron chi connectivity index (χ2n) is 4.75. The van der Waals surface area contributed by atoms with Gasteiger partial charge in [-0.3, -0.25) is 4.79 Å². The molecule has 1 atom stereocenters. The molecule has 88 valence electrons.